The van der Waals surface area contributed by atoms with Crippen LogP contribution < -0.4 is 16.8 Å². The summed E-state index contributed by atoms with van der Waals surface area (Å²) in [6.07, 6.45) is 6.64. The molecule has 1 aromatic heterocycles. The molecule has 1 amide bonds. The minimum Gasteiger partial charge on any atom is -0.397 e. The number of nitrogens with two attached hydrogens (primary N) is 2. The van der Waals surface area contributed by atoms with Crippen LogP contribution in [0.5, 0.6) is 0 Å². The van der Waals surface area contributed by atoms with Crippen molar-refractivity contribution < 1.29 is 9.90 Å². The summed E-state index contributed by atoms with van der Waals surface area (Å²) in [5.74, 6) is 0.328. The first-order valence-electron chi connectivity index (χ1n) is 9.73. The maximum Gasteiger partial charge on any atom is 0.247 e. The quantitative estimate of drug-likeness (QED) is 0.619. The summed E-state index contributed by atoms with van der Waals surface area (Å²) in [6.45, 7) is 5.03. The summed E-state index contributed by atoms with van der Waals surface area (Å²) in [5.41, 5.74) is 16.9. The molecule has 1 aliphatic rings. The van der Waals surface area contributed by atoms with Crippen LogP contribution in [0.3, 0.4) is 0 Å². The second-order valence-corrected chi connectivity index (χ2v) is 6.58. The van der Waals surface area contributed by atoms with Gasteiger partial charge >= 0.3 is 0 Å². The monoisotopic (exact) mass is 395 g/mol. The fraction of sp³-hybridized carbons (Fsp3) is 0.318. The third-order valence-corrected chi connectivity index (χ3v) is 4.19. The van der Waals surface area contributed by atoms with Gasteiger partial charge in [-0.05, 0) is 42.7 Å². The summed E-state index contributed by atoms with van der Waals surface area (Å²) >= 11 is 0. The molecule has 154 valence electrons. The molecular formula is C22H29N5O2. The number of carbonyl (C=O) groups excluding carboxylic acids is 1. The van der Waals surface area contributed by atoms with E-state index in [0.717, 1.165) is 34.4 Å². The van der Waals surface area contributed by atoms with Crippen molar-refractivity contribution in [3.63, 3.8) is 0 Å². The molecule has 0 unspecified atom stereocenters. The Kier molecular flexibility index (Phi) is 8.51. The van der Waals surface area contributed by atoms with E-state index in [-0.39, 0.29) is 12.5 Å². The molecule has 0 aliphatic carbocycles. The molecule has 3 rings (SSSR count). The largest absolute Gasteiger partial charge is 0.397 e. The molecule has 2 heterocycles. The van der Waals surface area contributed by atoms with E-state index in [4.69, 9.17) is 16.6 Å². The van der Waals surface area contributed by atoms with Gasteiger partial charge in [-0.25, -0.2) is 4.99 Å². The second kappa shape index (κ2) is 11.1. The summed E-state index contributed by atoms with van der Waals surface area (Å²) in [7, 11) is 0. The first-order chi connectivity index (χ1) is 14.0. The van der Waals surface area contributed by atoms with Crippen LogP contribution in [-0.2, 0) is 11.3 Å². The molecule has 0 saturated heterocycles. The van der Waals surface area contributed by atoms with Gasteiger partial charge in [-0.15, -0.1) is 0 Å². The Morgan fingerprint density at radius 1 is 1.21 bits per heavy atom. The third-order valence-electron chi connectivity index (χ3n) is 4.19. The number of aliphatic hydroxyl groups excluding tert-OH is 1. The molecule has 0 radical (unpaired) electrons. The number of amides is 1. The lowest BCUT2D eigenvalue weighted by atomic mass is 10.0. The molecule has 6 N–H and O–H groups in total. The number of aliphatic imine (C=N–C) groups is 1. The minimum absolute atomic E-state index is 0.0956. The SMILES string of the molecule is CCCNC(=O)C1=Cc2ccc(-c3cncc(CN)c3)cc2N=C(N)C1.CCO. The summed E-state index contributed by atoms with van der Waals surface area (Å²) in [5, 5.41) is 10.5. The molecule has 0 atom stereocenters. The lowest BCUT2D eigenvalue weighted by Crippen LogP contribution is -2.27. The van der Waals surface area contributed by atoms with Gasteiger partial charge in [0.15, 0.2) is 0 Å². The van der Waals surface area contributed by atoms with Crippen molar-refractivity contribution in [2.45, 2.75) is 33.2 Å². The Hall–Kier alpha value is -3.03. The fourth-order valence-electron chi connectivity index (χ4n) is 2.83. The molecule has 0 spiro atoms. The zero-order valence-electron chi connectivity index (χ0n) is 17.0. The number of aromatic nitrogens is 1. The molecule has 1 aromatic carbocycles. The van der Waals surface area contributed by atoms with Crippen LogP contribution >= 0.6 is 0 Å². The van der Waals surface area contributed by atoms with E-state index >= 15 is 0 Å². The highest BCUT2D eigenvalue weighted by molar-refractivity contribution is 6.05. The van der Waals surface area contributed by atoms with Gasteiger partial charge < -0.3 is 21.9 Å². The predicted molar refractivity (Wildman–Crippen MR) is 118 cm³/mol. The Balaban J connectivity index is 0.000000941. The van der Waals surface area contributed by atoms with E-state index in [9.17, 15) is 4.79 Å². The minimum atomic E-state index is -0.0956. The second-order valence-electron chi connectivity index (χ2n) is 6.58. The molecule has 2 aromatic rings. The Bertz CT molecular complexity index is 906. The summed E-state index contributed by atoms with van der Waals surface area (Å²) in [6, 6.07) is 7.92. The van der Waals surface area contributed by atoms with E-state index in [2.05, 4.69) is 15.3 Å². The van der Waals surface area contributed by atoms with Crippen molar-refractivity contribution in [1.82, 2.24) is 10.3 Å². The summed E-state index contributed by atoms with van der Waals surface area (Å²) < 4.78 is 0. The number of benzene rings is 1. The van der Waals surface area contributed by atoms with Crippen molar-refractivity contribution in [3.8, 4) is 11.1 Å². The fourth-order valence-corrected chi connectivity index (χ4v) is 2.83. The van der Waals surface area contributed by atoms with Crippen LogP contribution in [0.1, 0.15) is 37.8 Å². The van der Waals surface area contributed by atoms with Crippen LogP contribution in [0.15, 0.2) is 47.2 Å². The van der Waals surface area contributed by atoms with E-state index in [1.807, 2.05) is 37.3 Å². The normalized spacial score (nSPS) is 12.6. The number of nitrogens with one attached hydrogen (secondary N) is 1. The molecule has 0 fully saturated rings. The molecule has 7 nitrogen and oxygen atoms in total. The third kappa shape index (κ3) is 6.23. The maximum atomic E-state index is 12.3. The highest BCUT2D eigenvalue weighted by atomic mass is 16.2. The van der Waals surface area contributed by atoms with Crippen molar-refractivity contribution in [3.05, 3.63) is 53.4 Å². The van der Waals surface area contributed by atoms with Gasteiger partial charge in [0.05, 0.1) is 5.69 Å². The van der Waals surface area contributed by atoms with Gasteiger partial charge in [-0.2, -0.15) is 0 Å². The molecular weight excluding hydrogens is 366 g/mol. The highest BCUT2D eigenvalue weighted by Crippen LogP contribution is 2.31. The average Bonchev–Trinajstić information content (AvgIpc) is 2.90. The lowest BCUT2D eigenvalue weighted by Gasteiger charge is -2.07. The van der Waals surface area contributed by atoms with Gasteiger partial charge in [-0.3, -0.25) is 9.78 Å². The van der Waals surface area contributed by atoms with Crippen molar-refractivity contribution in [2.75, 3.05) is 13.2 Å². The zero-order valence-corrected chi connectivity index (χ0v) is 17.0. The van der Waals surface area contributed by atoms with Crippen LogP contribution in [0.25, 0.3) is 17.2 Å². The molecule has 0 bridgehead atoms. The average molecular weight is 396 g/mol. The molecule has 29 heavy (non-hydrogen) atoms. The Labute approximate surface area is 171 Å². The molecule has 1 aliphatic heterocycles. The molecule has 7 heteroatoms. The van der Waals surface area contributed by atoms with Crippen LogP contribution in [0.4, 0.5) is 5.69 Å². The highest BCUT2D eigenvalue weighted by Gasteiger charge is 2.16. The number of rotatable bonds is 5. The number of carbonyl (C=O) groups is 1. The standard InChI is InChI=1S/C20H23N5O.C2H6O/c1-2-5-24-20(26)16-7-15-4-3-14(8-18(15)25-19(22)9-16)17-6-13(10-21)11-23-12-17;1-2-3/h3-4,6-8,11-12H,2,5,9-10,21H2,1H3,(H2,22,25)(H,24,26);3H,2H2,1H3. The predicted octanol–water partition coefficient (Wildman–Crippen LogP) is 2.51. The Morgan fingerprint density at radius 2 is 1.97 bits per heavy atom. The maximum absolute atomic E-state index is 12.3. The molecule has 0 saturated carbocycles. The number of pyridine rings is 1. The van der Waals surface area contributed by atoms with Gasteiger partial charge in [0.1, 0.15) is 5.84 Å². The van der Waals surface area contributed by atoms with Crippen molar-refractivity contribution in [2.24, 2.45) is 16.5 Å². The summed E-state index contributed by atoms with van der Waals surface area (Å²) in [4.78, 5) is 21.0. The van der Waals surface area contributed by atoms with E-state index in [1.165, 1.54) is 0 Å². The van der Waals surface area contributed by atoms with E-state index in [1.54, 1.807) is 19.3 Å². The van der Waals surface area contributed by atoms with Crippen molar-refractivity contribution >= 4 is 23.5 Å². The number of nitrogens with zero attached hydrogens (tertiary/aromatic N) is 2. The van der Waals surface area contributed by atoms with Gasteiger partial charge in [0, 0.05) is 55.2 Å². The van der Waals surface area contributed by atoms with Crippen molar-refractivity contribution in [1.29, 1.82) is 0 Å². The van der Waals surface area contributed by atoms with E-state index < -0.39 is 0 Å². The zero-order chi connectivity index (χ0) is 21.2. The number of aliphatic hydroxyl groups is 1. The number of hydrogen-bond donors (Lipinski definition) is 4. The van der Waals surface area contributed by atoms with Crippen LogP contribution in [0.2, 0.25) is 0 Å². The lowest BCUT2D eigenvalue weighted by molar-refractivity contribution is -0.117. The number of fused-ring (bicyclic) bond motifs is 1. The smallest absolute Gasteiger partial charge is 0.247 e. The number of hydrogen-bond acceptors (Lipinski definition) is 6. The first-order valence-corrected chi connectivity index (χ1v) is 9.73. The number of amidine groups is 1. The van der Waals surface area contributed by atoms with Gasteiger partial charge in [0.2, 0.25) is 5.91 Å². The Morgan fingerprint density at radius 3 is 2.66 bits per heavy atom. The first kappa shape index (κ1) is 22.3. The van der Waals surface area contributed by atoms with Gasteiger partial charge in [-0.1, -0.05) is 19.1 Å². The van der Waals surface area contributed by atoms with E-state index in [0.29, 0.717) is 30.9 Å². The topological polar surface area (TPSA) is 127 Å². The van der Waals surface area contributed by atoms with Crippen LogP contribution in [-0.4, -0.2) is 35.0 Å². The van der Waals surface area contributed by atoms with Crippen LogP contribution in [0, 0.1) is 0 Å². The van der Waals surface area contributed by atoms with Gasteiger partial charge in [0.25, 0.3) is 0 Å².